The molecule has 140 valence electrons. The molecule has 0 spiro atoms. The van der Waals surface area contributed by atoms with Gasteiger partial charge in [-0.3, -0.25) is 9.78 Å². The minimum Gasteiger partial charge on any atom is -0.316 e. The molecule has 28 heavy (non-hydrogen) atoms. The molecular weight excluding hydrogens is 376 g/mol. The summed E-state index contributed by atoms with van der Waals surface area (Å²) >= 11 is 5.89. The molecule has 2 aromatic heterocycles. The van der Waals surface area contributed by atoms with Gasteiger partial charge in [-0.25, -0.2) is 9.69 Å². The largest absolute Gasteiger partial charge is 0.333 e. The molecule has 1 aliphatic rings. The molecule has 0 saturated carbocycles. The molecule has 0 atom stereocenters. The van der Waals surface area contributed by atoms with Crippen molar-refractivity contribution in [3.05, 3.63) is 82.5 Å². The molecule has 0 aliphatic carbocycles. The molecule has 1 fully saturated rings. The van der Waals surface area contributed by atoms with Gasteiger partial charge >= 0.3 is 6.03 Å². The van der Waals surface area contributed by atoms with Crippen LogP contribution in [0.1, 0.15) is 17.0 Å². The van der Waals surface area contributed by atoms with Crippen LogP contribution in [0.5, 0.6) is 0 Å². The van der Waals surface area contributed by atoms with Gasteiger partial charge in [0.2, 0.25) is 0 Å². The van der Waals surface area contributed by atoms with E-state index in [9.17, 15) is 9.59 Å². The minimum absolute atomic E-state index is 0.228. The molecule has 0 radical (unpaired) electrons. The van der Waals surface area contributed by atoms with E-state index >= 15 is 0 Å². The zero-order chi connectivity index (χ0) is 19.8. The second-order valence-electron chi connectivity index (χ2n) is 6.48. The fourth-order valence-corrected chi connectivity index (χ4v) is 3.46. The predicted molar refractivity (Wildman–Crippen MR) is 108 cm³/mol. The predicted octanol–water partition coefficient (Wildman–Crippen LogP) is 4.24. The van der Waals surface area contributed by atoms with Crippen molar-refractivity contribution in [1.29, 1.82) is 0 Å². The molecule has 3 amide bonds. The summed E-state index contributed by atoms with van der Waals surface area (Å²) in [5, 5.41) is 3.19. The first kappa shape index (κ1) is 18.0. The van der Waals surface area contributed by atoms with E-state index in [0.717, 1.165) is 27.5 Å². The van der Waals surface area contributed by atoms with Crippen LogP contribution in [0, 0.1) is 13.8 Å². The molecule has 3 heterocycles. The molecule has 4 rings (SSSR count). The standard InChI is InChI=1S/C21H17ClN4O2/c1-13-10-15(14(2)25(13)18-4-3-9-23-12-18)11-19-20(27)26(21(28)24-19)17-7-5-16(22)6-8-17/h3-12H,1-2H3,(H,24,28)/b19-11+. The molecule has 0 bridgehead atoms. The molecule has 0 unspecified atom stereocenters. The fourth-order valence-electron chi connectivity index (χ4n) is 3.33. The Kier molecular flexibility index (Phi) is 4.49. The van der Waals surface area contributed by atoms with E-state index in [0.29, 0.717) is 10.7 Å². The maximum absolute atomic E-state index is 12.8. The second-order valence-corrected chi connectivity index (χ2v) is 6.91. The summed E-state index contributed by atoms with van der Waals surface area (Å²) in [5.41, 5.74) is 4.44. The Morgan fingerprint density at radius 2 is 1.82 bits per heavy atom. The zero-order valence-corrected chi connectivity index (χ0v) is 16.1. The van der Waals surface area contributed by atoms with Crippen LogP contribution in [0.15, 0.2) is 60.6 Å². The number of hydrogen-bond donors (Lipinski definition) is 1. The third-order valence-electron chi connectivity index (χ3n) is 4.64. The number of pyridine rings is 1. The van der Waals surface area contributed by atoms with Crippen molar-refractivity contribution >= 4 is 35.3 Å². The van der Waals surface area contributed by atoms with E-state index in [2.05, 4.69) is 14.9 Å². The number of imide groups is 1. The van der Waals surface area contributed by atoms with Crippen LogP contribution in [-0.4, -0.2) is 21.5 Å². The van der Waals surface area contributed by atoms with Crippen molar-refractivity contribution in [2.45, 2.75) is 13.8 Å². The highest BCUT2D eigenvalue weighted by Crippen LogP contribution is 2.26. The van der Waals surface area contributed by atoms with E-state index < -0.39 is 11.9 Å². The van der Waals surface area contributed by atoms with Crippen molar-refractivity contribution < 1.29 is 9.59 Å². The lowest BCUT2D eigenvalue weighted by molar-refractivity contribution is -0.113. The second kappa shape index (κ2) is 6.98. The van der Waals surface area contributed by atoms with Crippen LogP contribution in [0.4, 0.5) is 10.5 Å². The number of amides is 3. The summed E-state index contributed by atoms with van der Waals surface area (Å²) in [6.07, 6.45) is 5.20. The summed E-state index contributed by atoms with van der Waals surface area (Å²) in [6, 6.07) is 11.9. The number of hydrogen-bond acceptors (Lipinski definition) is 3. The Morgan fingerprint density at radius 1 is 1.07 bits per heavy atom. The number of aromatic nitrogens is 2. The van der Waals surface area contributed by atoms with Gasteiger partial charge in [0.15, 0.2) is 0 Å². The maximum Gasteiger partial charge on any atom is 0.333 e. The first-order valence-corrected chi connectivity index (χ1v) is 9.05. The van der Waals surface area contributed by atoms with Gasteiger partial charge in [0.25, 0.3) is 5.91 Å². The Morgan fingerprint density at radius 3 is 2.50 bits per heavy atom. The van der Waals surface area contributed by atoms with Crippen LogP contribution < -0.4 is 10.2 Å². The van der Waals surface area contributed by atoms with Crippen LogP contribution in [0.25, 0.3) is 11.8 Å². The van der Waals surface area contributed by atoms with Gasteiger partial charge in [-0.05, 0) is 68.0 Å². The van der Waals surface area contributed by atoms with Gasteiger partial charge in [-0.15, -0.1) is 0 Å². The van der Waals surface area contributed by atoms with E-state index in [4.69, 9.17) is 11.6 Å². The lowest BCUT2D eigenvalue weighted by Gasteiger charge is -2.11. The van der Waals surface area contributed by atoms with Gasteiger partial charge < -0.3 is 9.88 Å². The lowest BCUT2D eigenvalue weighted by Crippen LogP contribution is -2.30. The summed E-state index contributed by atoms with van der Waals surface area (Å²) in [7, 11) is 0. The smallest absolute Gasteiger partial charge is 0.316 e. The number of aryl methyl sites for hydroxylation is 1. The van der Waals surface area contributed by atoms with E-state index in [-0.39, 0.29) is 5.70 Å². The average molecular weight is 393 g/mol. The van der Waals surface area contributed by atoms with Crippen LogP contribution in [0.2, 0.25) is 5.02 Å². The Hall–Kier alpha value is -3.38. The van der Waals surface area contributed by atoms with Gasteiger partial charge in [0.05, 0.1) is 17.6 Å². The number of carbonyl (C=O) groups is 2. The van der Waals surface area contributed by atoms with Crippen LogP contribution in [0.3, 0.4) is 0 Å². The summed E-state index contributed by atoms with van der Waals surface area (Å²) in [5.74, 6) is -0.404. The quantitative estimate of drug-likeness (QED) is 0.535. The van der Waals surface area contributed by atoms with Crippen molar-refractivity contribution in [2.24, 2.45) is 0 Å². The van der Waals surface area contributed by atoms with Gasteiger partial charge in [-0.1, -0.05) is 11.6 Å². The summed E-state index contributed by atoms with van der Waals surface area (Å²) < 4.78 is 2.05. The molecule has 1 aromatic carbocycles. The number of nitrogens with one attached hydrogen (secondary N) is 1. The van der Waals surface area contributed by atoms with Gasteiger partial charge in [0.1, 0.15) is 5.70 Å². The number of rotatable bonds is 3. The van der Waals surface area contributed by atoms with Crippen molar-refractivity contribution in [3.63, 3.8) is 0 Å². The van der Waals surface area contributed by atoms with Gasteiger partial charge in [0, 0.05) is 22.6 Å². The summed E-state index contributed by atoms with van der Waals surface area (Å²) in [4.78, 5) is 30.4. The number of benzene rings is 1. The first-order valence-electron chi connectivity index (χ1n) is 8.68. The number of anilines is 1. The normalized spacial score (nSPS) is 15.4. The first-order chi connectivity index (χ1) is 13.5. The molecule has 3 aromatic rings. The van der Waals surface area contributed by atoms with E-state index in [1.165, 1.54) is 0 Å². The Labute approximate surface area is 167 Å². The third-order valence-corrected chi connectivity index (χ3v) is 4.89. The Bertz CT molecular complexity index is 1100. The molecule has 7 heteroatoms. The number of halogens is 1. The molecular formula is C21H17ClN4O2. The molecule has 1 aliphatic heterocycles. The molecule has 6 nitrogen and oxygen atoms in total. The zero-order valence-electron chi connectivity index (χ0n) is 15.3. The summed E-state index contributed by atoms with van der Waals surface area (Å²) in [6.45, 7) is 3.95. The monoisotopic (exact) mass is 392 g/mol. The SMILES string of the molecule is Cc1cc(/C=C2/NC(=O)N(c3ccc(Cl)cc3)C2=O)c(C)n1-c1cccnc1. The average Bonchev–Trinajstić information content (AvgIpc) is 3.12. The third kappa shape index (κ3) is 3.08. The maximum atomic E-state index is 12.8. The van der Waals surface area contributed by atoms with E-state index in [1.54, 1.807) is 42.7 Å². The van der Waals surface area contributed by atoms with Crippen molar-refractivity contribution in [3.8, 4) is 5.69 Å². The number of urea groups is 1. The van der Waals surface area contributed by atoms with Crippen molar-refractivity contribution in [2.75, 3.05) is 4.90 Å². The van der Waals surface area contributed by atoms with E-state index in [1.807, 2.05) is 32.0 Å². The number of nitrogens with zero attached hydrogens (tertiary/aromatic N) is 3. The highest BCUT2D eigenvalue weighted by Gasteiger charge is 2.35. The Balaban J connectivity index is 1.70. The van der Waals surface area contributed by atoms with Crippen LogP contribution >= 0.6 is 11.6 Å². The highest BCUT2D eigenvalue weighted by atomic mass is 35.5. The van der Waals surface area contributed by atoms with Crippen molar-refractivity contribution in [1.82, 2.24) is 14.9 Å². The van der Waals surface area contributed by atoms with Gasteiger partial charge in [-0.2, -0.15) is 0 Å². The number of carbonyl (C=O) groups excluding carboxylic acids is 2. The highest BCUT2D eigenvalue weighted by molar-refractivity contribution is 6.31. The fraction of sp³-hybridized carbons (Fsp3) is 0.0952. The van der Waals surface area contributed by atoms with Crippen LogP contribution in [-0.2, 0) is 4.79 Å². The molecule has 1 N–H and O–H groups in total. The minimum atomic E-state index is -0.486. The molecule has 1 saturated heterocycles. The lowest BCUT2D eigenvalue weighted by atomic mass is 10.2. The topological polar surface area (TPSA) is 67.2 Å².